The number of rotatable bonds is 5. The van der Waals surface area contributed by atoms with Crippen LogP contribution in [0.4, 0.5) is 0 Å². The Balaban J connectivity index is 1.87. The maximum Gasteiger partial charge on any atom is 0.363 e. The maximum absolute atomic E-state index is 12.1. The molecule has 0 fully saturated rings. The lowest BCUT2D eigenvalue weighted by Crippen LogP contribution is -2.05. The molecule has 2 aromatic carbocycles. The van der Waals surface area contributed by atoms with Gasteiger partial charge >= 0.3 is 5.97 Å². The third-order valence-corrected chi connectivity index (χ3v) is 3.89. The van der Waals surface area contributed by atoms with Crippen LogP contribution in [0.1, 0.15) is 11.1 Å². The number of cyclic esters (lactones) is 1. The van der Waals surface area contributed by atoms with E-state index in [1.165, 1.54) is 0 Å². The summed E-state index contributed by atoms with van der Waals surface area (Å²) >= 11 is 2.20. The van der Waals surface area contributed by atoms with E-state index in [9.17, 15) is 4.79 Å². The normalized spacial score (nSPS) is 15.1. The number of carbonyl (C=O) groups is 1. The summed E-state index contributed by atoms with van der Waals surface area (Å²) in [5.74, 6) is 0.572. The predicted octanol–water partition coefficient (Wildman–Crippen LogP) is 4.20. The van der Waals surface area contributed by atoms with Crippen LogP contribution in [0.15, 0.2) is 71.9 Å². The highest BCUT2D eigenvalue weighted by Crippen LogP contribution is 2.22. The summed E-state index contributed by atoms with van der Waals surface area (Å²) in [7, 11) is 0. The molecule has 1 heterocycles. The summed E-state index contributed by atoms with van der Waals surface area (Å²) < 4.78 is 11.8. The standard InChI is InChI=1S/C19H14INO3/c1-2-9-23-16-8-3-5-13(10-16)11-17-19(22)24-18(21-17)14-6-4-7-15(20)12-14/h2-8,10-12H,1,9H2/b17-11-. The average Bonchev–Trinajstić information content (AvgIpc) is 2.94. The Morgan fingerprint density at radius 3 is 2.83 bits per heavy atom. The van der Waals surface area contributed by atoms with Gasteiger partial charge in [0.15, 0.2) is 5.70 Å². The van der Waals surface area contributed by atoms with E-state index in [-0.39, 0.29) is 5.70 Å². The molecule has 0 saturated heterocycles. The lowest BCUT2D eigenvalue weighted by Gasteiger charge is -2.03. The van der Waals surface area contributed by atoms with E-state index >= 15 is 0 Å². The van der Waals surface area contributed by atoms with Crippen molar-refractivity contribution in [1.29, 1.82) is 0 Å². The number of esters is 1. The van der Waals surface area contributed by atoms with Gasteiger partial charge in [0.25, 0.3) is 0 Å². The summed E-state index contributed by atoms with van der Waals surface area (Å²) in [5, 5.41) is 0. The minimum absolute atomic E-state index is 0.268. The van der Waals surface area contributed by atoms with Gasteiger partial charge in [-0.15, -0.1) is 0 Å². The zero-order valence-corrected chi connectivity index (χ0v) is 14.9. The van der Waals surface area contributed by atoms with Crippen molar-refractivity contribution in [3.63, 3.8) is 0 Å². The second kappa shape index (κ2) is 7.44. The number of halogens is 1. The van der Waals surface area contributed by atoms with Crippen molar-refractivity contribution in [2.45, 2.75) is 0 Å². The minimum Gasteiger partial charge on any atom is -0.490 e. The van der Waals surface area contributed by atoms with Crippen molar-refractivity contribution in [3.05, 3.63) is 81.6 Å². The molecule has 0 radical (unpaired) electrons. The molecule has 3 rings (SSSR count). The first-order valence-corrected chi connectivity index (χ1v) is 8.36. The van der Waals surface area contributed by atoms with Crippen LogP contribution >= 0.6 is 22.6 Å². The molecule has 0 N–H and O–H groups in total. The Morgan fingerprint density at radius 2 is 2.04 bits per heavy atom. The van der Waals surface area contributed by atoms with E-state index in [4.69, 9.17) is 9.47 Å². The van der Waals surface area contributed by atoms with Crippen molar-refractivity contribution >= 4 is 40.5 Å². The molecule has 0 atom stereocenters. The van der Waals surface area contributed by atoms with Gasteiger partial charge < -0.3 is 9.47 Å². The van der Waals surface area contributed by atoms with E-state index in [2.05, 4.69) is 34.2 Å². The van der Waals surface area contributed by atoms with Gasteiger partial charge in [-0.2, -0.15) is 0 Å². The molecule has 2 aromatic rings. The number of hydrogen-bond acceptors (Lipinski definition) is 4. The fourth-order valence-corrected chi connectivity index (χ4v) is 2.70. The summed E-state index contributed by atoms with van der Waals surface area (Å²) in [4.78, 5) is 16.4. The smallest absolute Gasteiger partial charge is 0.363 e. The zero-order chi connectivity index (χ0) is 16.9. The Labute approximate surface area is 153 Å². The number of benzene rings is 2. The van der Waals surface area contributed by atoms with Crippen LogP contribution < -0.4 is 4.74 Å². The van der Waals surface area contributed by atoms with Crippen LogP contribution in [-0.2, 0) is 9.53 Å². The highest BCUT2D eigenvalue weighted by atomic mass is 127. The first-order chi connectivity index (χ1) is 11.7. The summed E-state index contributed by atoms with van der Waals surface area (Å²) in [5.41, 5.74) is 1.86. The lowest BCUT2D eigenvalue weighted by atomic mass is 10.2. The van der Waals surface area contributed by atoms with Gasteiger partial charge in [0.1, 0.15) is 12.4 Å². The van der Waals surface area contributed by atoms with Gasteiger partial charge in [-0.1, -0.05) is 30.9 Å². The van der Waals surface area contributed by atoms with E-state index in [0.29, 0.717) is 18.3 Å². The SMILES string of the molecule is C=CCOc1cccc(/C=C2\N=C(c3cccc(I)c3)OC2=O)c1. The molecular formula is C19H14INO3. The van der Waals surface area contributed by atoms with Crippen LogP contribution in [0.5, 0.6) is 5.75 Å². The number of aliphatic imine (C=N–C) groups is 1. The quantitative estimate of drug-likeness (QED) is 0.309. The van der Waals surface area contributed by atoms with Gasteiger partial charge in [0.05, 0.1) is 0 Å². The minimum atomic E-state index is -0.457. The Bertz CT molecular complexity index is 855. The molecule has 0 aromatic heterocycles. The number of carbonyl (C=O) groups excluding carboxylic acids is 1. The maximum atomic E-state index is 12.1. The van der Waals surface area contributed by atoms with Crippen molar-refractivity contribution in [2.24, 2.45) is 4.99 Å². The number of nitrogens with zero attached hydrogens (tertiary/aromatic N) is 1. The fourth-order valence-electron chi connectivity index (χ4n) is 2.16. The third-order valence-electron chi connectivity index (χ3n) is 3.22. The van der Waals surface area contributed by atoms with Crippen LogP contribution in [-0.4, -0.2) is 18.5 Å². The van der Waals surface area contributed by atoms with E-state index < -0.39 is 5.97 Å². The molecule has 0 amide bonds. The molecule has 0 aliphatic carbocycles. The monoisotopic (exact) mass is 431 g/mol. The third kappa shape index (κ3) is 3.91. The summed E-state index contributed by atoms with van der Waals surface area (Å²) in [6, 6.07) is 15.1. The highest BCUT2D eigenvalue weighted by Gasteiger charge is 2.24. The Hall–Kier alpha value is -2.41. The molecule has 5 heteroatoms. The van der Waals surface area contributed by atoms with E-state index in [1.54, 1.807) is 12.2 Å². The molecule has 0 saturated carbocycles. The van der Waals surface area contributed by atoms with Crippen LogP contribution in [0.25, 0.3) is 6.08 Å². The molecule has 4 nitrogen and oxygen atoms in total. The number of hydrogen-bond donors (Lipinski definition) is 0. The van der Waals surface area contributed by atoms with Crippen molar-refractivity contribution in [3.8, 4) is 5.75 Å². The molecule has 0 bridgehead atoms. The Morgan fingerprint density at radius 1 is 1.21 bits per heavy atom. The fraction of sp³-hybridized carbons (Fsp3) is 0.0526. The van der Waals surface area contributed by atoms with Gasteiger partial charge in [0.2, 0.25) is 5.90 Å². The lowest BCUT2D eigenvalue weighted by molar-refractivity contribution is -0.129. The van der Waals surface area contributed by atoms with E-state index in [0.717, 1.165) is 14.7 Å². The molecule has 1 aliphatic rings. The predicted molar refractivity (Wildman–Crippen MR) is 102 cm³/mol. The summed E-state index contributed by atoms with van der Waals surface area (Å²) in [6.45, 7) is 4.05. The molecule has 1 aliphatic heterocycles. The van der Waals surface area contributed by atoms with Gasteiger partial charge in [-0.05, 0) is 64.6 Å². The van der Waals surface area contributed by atoms with E-state index in [1.807, 2.05) is 48.5 Å². The van der Waals surface area contributed by atoms with Gasteiger partial charge in [-0.25, -0.2) is 9.79 Å². The van der Waals surface area contributed by atoms with Gasteiger partial charge in [-0.3, -0.25) is 0 Å². The molecule has 24 heavy (non-hydrogen) atoms. The second-order valence-corrected chi connectivity index (χ2v) is 6.26. The first-order valence-electron chi connectivity index (χ1n) is 7.28. The van der Waals surface area contributed by atoms with Gasteiger partial charge in [0, 0.05) is 9.13 Å². The zero-order valence-electron chi connectivity index (χ0n) is 12.7. The topological polar surface area (TPSA) is 47.9 Å². The number of ether oxygens (including phenoxy) is 2. The van der Waals surface area contributed by atoms with Crippen LogP contribution in [0.2, 0.25) is 0 Å². The molecule has 0 unspecified atom stereocenters. The van der Waals surface area contributed by atoms with Crippen LogP contribution in [0.3, 0.4) is 0 Å². The molecular weight excluding hydrogens is 417 g/mol. The average molecular weight is 431 g/mol. The largest absolute Gasteiger partial charge is 0.490 e. The van der Waals surface area contributed by atoms with Crippen molar-refractivity contribution < 1.29 is 14.3 Å². The molecule has 0 spiro atoms. The van der Waals surface area contributed by atoms with Crippen molar-refractivity contribution in [1.82, 2.24) is 0 Å². The summed E-state index contributed by atoms with van der Waals surface area (Å²) in [6.07, 6.45) is 3.36. The van der Waals surface area contributed by atoms with Crippen molar-refractivity contribution in [2.75, 3.05) is 6.61 Å². The second-order valence-electron chi connectivity index (χ2n) is 5.02. The highest BCUT2D eigenvalue weighted by molar-refractivity contribution is 14.1. The molecule has 120 valence electrons. The first kappa shape index (κ1) is 16.4. The van der Waals surface area contributed by atoms with Crippen LogP contribution in [0, 0.1) is 3.57 Å². The Kier molecular flexibility index (Phi) is 5.10.